The predicted molar refractivity (Wildman–Crippen MR) is 118 cm³/mol. The Bertz CT molecular complexity index is 1080. The molecule has 0 radical (unpaired) electrons. The summed E-state index contributed by atoms with van der Waals surface area (Å²) < 4.78 is 0. The van der Waals surface area contributed by atoms with Gasteiger partial charge in [0.1, 0.15) is 5.82 Å². The lowest BCUT2D eigenvalue weighted by atomic mass is 10.0. The predicted octanol–water partition coefficient (Wildman–Crippen LogP) is 5.38. The van der Waals surface area contributed by atoms with E-state index in [9.17, 15) is 0 Å². The summed E-state index contributed by atoms with van der Waals surface area (Å²) in [5.41, 5.74) is 9.75. The quantitative estimate of drug-likeness (QED) is 0.435. The van der Waals surface area contributed by atoms with Gasteiger partial charge >= 0.3 is 0 Å². The molecule has 0 atom stereocenters. The van der Waals surface area contributed by atoms with Gasteiger partial charge in [0.25, 0.3) is 0 Å². The number of aromatic nitrogens is 2. The van der Waals surface area contributed by atoms with Crippen LogP contribution in [-0.4, -0.2) is 23.1 Å². The molecule has 0 spiro atoms. The standard InChI is InChI=1S/C23H21ClN4/c24-19-11-12-20-21(15-19)27-22(28-23(20)26-14-4-13-25)18-9-7-17(8-10-18)16-5-2-1-3-6-16/h1-3,5-12,15H,4,13-14,25H2,(H,26,27,28). The molecule has 0 fully saturated rings. The molecule has 0 amide bonds. The van der Waals surface area contributed by atoms with Crippen LogP contribution in [0.4, 0.5) is 5.82 Å². The van der Waals surface area contributed by atoms with Gasteiger partial charge in [-0.15, -0.1) is 0 Å². The Kier molecular flexibility index (Phi) is 5.51. The lowest BCUT2D eigenvalue weighted by molar-refractivity contribution is 0.871. The van der Waals surface area contributed by atoms with Crippen LogP contribution in [0.15, 0.2) is 72.8 Å². The molecule has 5 heteroatoms. The van der Waals surface area contributed by atoms with Crippen molar-refractivity contribution < 1.29 is 0 Å². The Labute approximate surface area is 169 Å². The third-order valence-corrected chi connectivity index (χ3v) is 4.82. The first-order valence-electron chi connectivity index (χ1n) is 9.32. The van der Waals surface area contributed by atoms with Crippen molar-refractivity contribution in [3.63, 3.8) is 0 Å². The Morgan fingerprint density at radius 2 is 1.54 bits per heavy atom. The summed E-state index contributed by atoms with van der Waals surface area (Å²) in [4.78, 5) is 9.51. The van der Waals surface area contributed by atoms with E-state index >= 15 is 0 Å². The van der Waals surface area contributed by atoms with Crippen LogP contribution in [0.3, 0.4) is 0 Å². The zero-order valence-electron chi connectivity index (χ0n) is 15.4. The minimum absolute atomic E-state index is 0.635. The lowest BCUT2D eigenvalue weighted by Gasteiger charge is -2.11. The maximum absolute atomic E-state index is 6.19. The molecule has 140 valence electrons. The molecule has 4 aromatic rings. The fraction of sp³-hybridized carbons (Fsp3) is 0.130. The van der Waals surface area contributed by atoms with Crippen LogP contribution in [0.2, 0.25) is 5.02 Å². The summed E-state index contributed by atoms with van der Waals surface area (Å²) >= 11 is 6.19. The van der Waals surface area contributed by atoms with Gasteiger partial charge in [-0.05, 0) is 42.3 Å². The molecular formula is C23H21ClN4. The fourth-order valence-corrected chi connectivity index (χ4v) is 3.28. The second kappa shape index (κ2) is 8.38. The van der Waals surface area contributed by atoms with Crippen molar-refractivity contribution in [3.8, 4) is 22.5 Å². The van der Waals surface area contributed by atoms with Gasteiger partial charge in [0.2, 0.25) is 0 Å². The first-order valence-corrected chi connectivity index (χ1v) is 9.69. The topological polar surface area (TPSA) is 63.8 Å². The molecule has 0 bridgehead atoms. The molecule has 0 aliphatic rings. The molecule has 28 heavy (non-hydrogen) atoms. The molecule has 0 unspecified atom stereocenters. The smallest absolute Gasteiger partial charge is 0.162 e. The van der Waals surface area contributed by atoms with E-state index in [4.69, 9.17) is 27.3 Å². The summed E-state index contributed by atoms with van der Waals surface area (Å²) in [5.74, 6) is 1.47. The third-order valence-electron chi connectivity index (χ3n) is 4.58. The SMILES string of the molecule is NCCCNc1nc(-c2ccc(-c3ccccc3)cc2)nc2cc(Cl)ccc12. The monoisotopic (exact) mass is 388 g/mol. The Morgan fingerprint density at radius 3 is 2.29 bits per heavy atom. The summed E-state index contributed by atoms with van der Waals surface area (Å²) in [7, 11) is 0. The molecule has 3 N–H and O–H groups in total. The summed E-state index contributed by atoms with van der Waals surface area (Å²) in [6.45, 7) is 1.40. The number of halogens is 1. The highest BCUT2D eigenvalue weighted by Crippen LogP contribution is 2.28. The van der Waals surface area contributed by atoms with Crippen LogP contribution >= 0.6 is 11.6 Å². The van der Waals surface area contributed by atoms with Crippen molar-refractivity contribution in [1.29, 1.82) is 0 Å². The second-order valence-electron chi connectivity index (χ2n) is 6.57. The molecule has 4 rings (SSSR count). The van der Waals surface area contributed by atoms with Crippen molar-refractivity contribution in [1.82, 2.24) is 9.97 Å². The Balaban J connectivity index is 1.73. The molecule has 0 saturated heterocycles. The highest BCUT2D eigenvalue weighted by molar-refractivity contribution is 6.31. The largest absolute Gasteiger partial charge is 0.369 e. The number of nitrogens with two attached hydrogens (primary N) is 1. The van der Waals surface area contributed by atoms with Crippen LogP contribution in [-0.2, 0) is 0 Å². The summed E-state index contributed by atoms with van der Waals surface area (Å²) in [6, 6.07) is 24.3. The van der Waals surface area contributed by atoms with E-state index in [0.29, 0.717) is 17.4 Å². The fourth-order valence-electron chi connectivity index (χ4n) is 3.12. The van der Waals surface area contributed by atoms with Gasteiger partial charge in [0.05, 0.1) is 5.52 Å². The van der Waals surface area contributed by atoms with Crippen molar-refractivity contribution in [2.45, 2.75) is 6.42 Å². The molecule has 1 aromatic heterocycles. The average Bonchev–Trinajstić information content (AvgIpc) is 2.74. The normalized spacial score (nSPS) is 10.9. The highest BCUT2D eigenvalue weighted by atomic mass is 35.5. The van der Waals surface area contributed by atoms with Gasteiger partial charge in [0.15, 0.2) is 5.82 Å². The van der Waals surface area contributed by atoms with Crippen molar-refractivity contribution in [3.05, 3.63) is 77.8 Å². The summed E-state index contributed by atoms with van der Waals surface area (Å²) in [6.07, 6.45) is 0.875. The van der Waals surface area contributed by atoms with Gasteiger partial charge in [-0.1, -0.05) is 66.2 Å². The Hall–Kier alpha value is -2.95. The van der Waals surface area contributed by atoms with Crippen molar-refractivity contribution >= 4 is 28.3 Å². The number of nitrogens with zero attached hydrogens (tertiary/aromatic N) is 2. The van der Waals surface area contributed by atoms with Crippen LogP contribution < -0.4 is 11.1 Å². The molecule has 0 aliphatic carbocycles. The van der Waals surface area contributed by atoms with Crippen LogP contribution in [0.5, 0.6) is 0 Å². The molecular weight excluding hydrogens is 368 g/mol. The molecule has 3 aromatic carbocycles. The Morgan fingerprint density at radius 1 is 0.821 bits per heavy atom. The molecule has 4 nitrogen and oxygen atoms in total. The van der Waals surface area contributed by atoms with Crippen LogP contribution in [0.1, 0.15) is 6.42 Å². The van der Waals surface area contributed by atoms with E-state index in [0.717, 1.165) is 40.8 Å². The lowest BCUT2D eigenvalue weighted by Crippen LogP contribution is -2.10. The van der Waals surface area contributed by atoms with Crippen LogP contribution in [0, 0.1) is 0 Å². The van der Waals surface area contributed by atoms with E-state index in [1.54, 1.807) is 0 Å². The third kappa shape index (κ3) is 3.98. The highest BCUT2D eigenvalue weighted by Gasteiger charge is 2.10. The maximum atomic E-state index is 6.19. The first kappa shape index (κ1) is 18.4. The van der Waals surface area contributed by atoms with Gasteiger partial charge in [-0.2, -0.15) is 0 Å². The van der Waals surface area contributed by atoms with Gasteiger partial charge in [-0.3, -0.25) is 0 Å². The van der Waals surface area contributed by atoms with E-state index in [1.165, 1.54) is 5.56 Å². The molecule has 0 aliphatic heterocycles. The zero-order valence-corrected chi connectivity index (χ0v) is 16.2. The molecule has 0 saturated carbocycles. The number of hydrogen-bond acceptors (Lipinski definition) is 4. The maximum Gasteiger partial charge on any atom is 0.162 e. The minimum atomic E-state index is 0.635. The van der Waals surface area contributed by atoms with Gasteiger partial charge in [-0.25, -0.2) is 9.97 Å². The number of rotatable bonds is 6. The number of fused-ring (bicyclic) bond motifs is 1. The minimum Gasteiger partial charge on any atom is -0.369 e. The number of hydrogen-bond donors (Lipinski definition) is 2. The van der Waals surface area contributed by atoms with E-state index < -0.39 is 0 Å². The molecule has 1 heterocycles. The second-order valence-corrected chi connectivity index (χ2v) is 7.01. The van der Waals surface area contributed by atoms with Gasteiger partial charge < -0.3 is 11.1 Å². The number of anilines is 1. The van der Waals surface area contributed by atoms with E-state index in [-0.39, 0.29) is 0 Å². The summed E-state index contributed by atoms with van der Waals surface area (Å²) in [5, 5.41) is 4.99. The van der Waals surface area contributed by atoms with Crippen molar-refractivity contribution in [2.75, 3.05) is 18.4 Å². The van der Waals surface area contributed by atoms with E-state index in [1.807, 2.05) is 36.4 Å². The van der Waals surface area contributed by atoms with Crippen LogP contribution in [0.25, 0.3) is 33.4 Å². The zero-order chi connectivity index (χ0) is 19.3. The van der Waals surface area contributed by atoms with Crippen molar-refractivity contribution in [2.24, 2.45) is 5.73 Å². The number of nitrogens with one attached hydrogen (secondary N) is 1. The first-order chi connectivity index (χ1) is 13.7. The van der Waals surface area contributed by atoms with Gasteiger partial charge in [0, 0.05) is 22.5 Å². The number of benzene rings is 3. The average molecular weight is 389 g/mol. The van der Waals surface area contributed by atoms with E-state index in [2.05, 4.69) is 41.7 Å².